The molecule has 140 valence electrons. The number of rotatable bonds is 6. The zero-order valence-corrected chi connectivity index (χ0v) is 14.1. The van der Waals surface area contributed by atoms with E-state index in [1.807, 2.05) is 4.90 Å². The van der Waals surface area contributed by atoms with Crippen LogP contribution in [-0.4, -0.2) is 49.0 Å². The second-order valence-electron chi connectivity index (χ2n) is 6.21. The van der Waals surface area contributed by atoms with Crippen LogP contribution >= 0.6 is 0 Å². The number of benzene rings is 2. The Morgan fingerprint density at radius 1 is 1.12 bits per heavy atom. The van der Waals surface area contributed by atoms with E-state index in [1.165, 1.54) is 30.3 Å². The van der Waals surface area contributed by atoms with Gasteiger partial charge in [0.05, 0.1) is 12.7 Å². The molecular formula is C19H20F3NO3. The number of hydrogen-bond acceptors (Lipinski definition) is 4. The van der Waals surface area contributed by atoms with Crippen LogP contribution in [0.25, 0.3) is 0 Å². The van der Waals surface area contributed by atoms with Gasteiger partial charge in [-0.3, -0.25) is 4.90 Å². The molecular weight excluding hydrogens is 347 g/mol. The molecule has 0 saturated carbocycles. The lowest BCUT2D eigenvalue weighted by Crippen LogP contribution is -2.43. The van der Waals surface area contributed by atoms with Crippen molar-refractivity contribution in [2.45, 2.75) is 12.2 Å². The van der Waals surface area contributed by atoms with Crippen LogP contribution in [0.3, 0.4) is 0 Å². The summed E-state index contributed by atoms with van der Waals surface area (Å²) in [5.41, 5.74) is 0.561. The van der Waals surface area contributed by atoms with Crippen molar-refractivity contribution < 1.29 is 27.8 Å². The van der Waals surface area contributed by atoms with Crippen LogP contribution in [0.4, 0.5) is 13.2 Å². The van der Waals surface area contributed by atoms with E-state index in [4.69, 9.17) is 9.47 Å². The molecule has 2 aromatic carbocycles. The van der Waals surface area contributed by atoms with E-state index in [2.05, 4.69) is 0 Å². The first kappa shape index (κ1) is 18.7. The Morgan fingerprint density at radius 2 is 1.88 bits per heavy atom. The maximum Gasteiger partial charge on any atom is 0.159 e. The Labute approximate surface area is 149 Å². The lowest BCUT2D eigenvalue weighted by atomic mass is 10.1. The van der Waals surface area contributed by atoms with Crippen LogP contribution in [0.2, 0.25) is 0 Å². The summed E-state index contributed by atoms with van der Waals surface area (Å²) in [5, 5.41) is 10.2. The maximum absolute atomic E-state index is 13.4. The highest BCUT2D eigenvalue weighted by atomic mass is 19.2. The van der Waals surface area contributed by atoms with Crippen molar-refractivity contribution in [2.24, 2.45) is 0 Å². The van der Waals surface area contributed by atoms with Gasteiger partial charge in [-0.15, -0.1) is 0 Å². The first-order chi connectivity index (χ1) is 12.5. The number of halogens is 3. The van der Waals surface area contributed by atoms with E-state index >= 15 is 0 Å². The predicted molar refractivity (Wildman–Crippen MR) is 89.4 cm³/mol. The molecule has 0 aromatic heterocycles. The number of aliphatic hydroxyl groups excluding tert-OH is 1. The molecule has 1 aliphatic heterocycles. The second-order valence-corrected chi connectivity index (χ2v) is 6.21. The monoisotopic (exact) mass is 367 g/mol. The zero-order valence-electron chi connectivity index (χ0n) is 14.1. The van der Waals surface area contributed by atoms with Crippen LogP contribution < -0.4 is 4.74 Å². The molecule has 2 unspecified atom stereocenters. The molecule has 3 rings (SSSR count). The predicted octanol–water partition coefficient (Wildman–Crippen LogP) is 2.92. The normalized spacial score (nSPS) is 19.3. The van der Waals surface area contributed by atoms with Crippen molar-refractivity contribution in [1.29, 1.82) is 0 Å². The Balaban J connectivity index is 1.50. The Kier molecular flexibility index (Phi) is 6.13. The van der Waals surface area contributed by atoms with Crippen molar-refractivity contribution in [3.05, 3.63) is 65.5 Å². The molecule has 0 aliphatic carbocycles. The van der Waals surface area contributed by atoms with Crippen molar-refractivity contribution in [3.63, 3.8) is 0 Å². The number of ether oxygens (including phenoxy) is 2. The van der Waals surface area contributed by atoms with Gasteiger partial charge in [0.15, 0.2) is 11.6 Å². The topological polar surface area (TPSA) is 41.9 Å². The summed E-state index contributed by atoms with van der Waals surface area (Å²) in [6.45, 7) is 1.92. The highest BCUT2D eigenvalue weighted by molar-refractivity contribution is 5.22. The summed E-state index contributed by atoms with van der Waals surface area (Å²) in [5.74, 6) is -1.67. The van der Waals surface area contributed by atoms with Gasteiger partial charge in [0.1, 0.15) is 24.3 Å². The minimum atomic E-state index is -0.907. The Bertz CT molecular complexity index is 726. The fourth-order valence-electron chi connectivity index (χ4n) is 2.86. The summed E-state index contributed by atoms with van der Waals surface area (Å²) in [4.78, 5) is 1.98. The van der Waals surface area contributed by atoms with E-state index in [9.17, 15) is 18.3 Å². The molecule has 1 saturated heterocycles. The van der Waals surface area contributed by atoms with Crippen molar-refractivity contribution in [3.8, 4) is 5.75 Å². The quantitative estimate of drug-likeness (QED) is 0.853. The molecule has 0 spiro atoms. The van der Waals surface area contributed by atoms with Crippen LogP contribution in [0.1, 0.15) is 11.7 Å². The summed E-state index contributed by atoms with van der Waals surface area (Å²) in [7, 11) is 0. The van der Waals surface area contributed by atoms with E-state index in [0.717, 1.165) is 12.1 Å². The minimum Gasteiger partial charge on any atom is -0.491 e. The smallest absolute Gasteiger partial charge is 0.159 e. The Morgan fingerprint density at radius 3 is 2.62 bits per heavy atom. The standard InChI is InChI=1S/C19H20F3NO3/c20-14-2-4-16(5-3-14)26-12-15(24)10-23-7-8-25-19(11-23)13-1-6-17(21)18(22)9-13/h1-6,9,15,19,24H,7-8,10-12H2. The van der Waals surface area contributed by atoms with Crippen LogP contribution in [0, 0.1) is 17.5 Å². The third kappa shape index (κ3) is 4.97. The van der Waals surface area contributed by atoms with E-state index in [-0.39, 0.29) is 18.5 Å². The molecule has 1 heterocycles. The molecule has 0 radical (unpaired) electrons. The highest BCUT2D eigenvalue weighted by Gasteiger charge is 2.24. The number of nitrogens with zero attached hydrogens (tertiary/aromatic N) is 1. The van der Waals surface area contributed by atoms with Crippen LogP contribution in [-0.2, 0) is 4.74 Å². The van der Waals surface area contributed by atoms with Crippen LogP contribution in [0.5, 0.6) is 5.75 Å². The lowest BCUT2D eigenvalue weighted by Gasteiger charge is -2.34. The van der Waals surface area contributed by atoms with Crippen molar-refractivity contribution >= 4 is 0 Å². The van der Waals surface area contributed by atoms with Crippen molar-refractivity contribution in [1.82, 2.24) is 4.90 Å². The molecule has 0 amide bonds. The zero-order chi connectivity index (χ0) is 18.5. The van der Waals surface area contributed by atoms with Gasteiger partial charge in [-0.2, -0.15) is 0 Å². The first-order valence-corrected chi connectivity index (χ1v) is 8.36. The molecule has 4 nitrogen and oxygen atoms in total. The average Bonchev–Trinajstić information content (AvgIpc) is 2.64. The third-order valence-electron chi connectivity index (χ3n) is 4.19. The van der Waals surface area contributed by atoms with E-state index < -0.39 is 17.7 Å². The second kappa shape index (κ2) is 8.53. The largest absolute Gasteiger partial charge is 0.491 e. The molecule has 2 aromatic rings. The summed E-state index contributed by atoms with van der Waals surface area (Å²) >= 11 is 0. The number of aliphatic hydroxyl groups is 1. The summed E-state index contributed by atoms with van der Waals surface area (Å²) < 4.78 is 50.4. The Hall–Kier alpha value is -2.09. The van der Waals surface area contributed by atoms with Crippen LogP contribution in [0.15, 0.2) is 42.5 Å². The third-order valence-corrected chi connectivity index (χ3v) is 4.19. The average molecular weight is 367 g/mol. The fourth-order valence-corrected chi connectivity index (χ4v) is 2.86. The van der Waals surface area contributed by atoms with E-state index in [0.29, 0.717) is 37.6 Å². The highest BCUT2D eigenvalue weighted by Crippen LogP contribution is 2.24. The van der Waals surface area contributed by atoms with Gasteiger partial charge in [0.2, 0.25) is 0 Å². The molecule has 1 N–H and O–H groups in total. The fraction of sp³-hybridized carbons (Fsp3) is 0.368. The first-order valence-electron chi connectivity index (χ1n) is 8.36. The van der Waals surface area contributed by atoms with Gasteiger partial charge in [0, 0.05) is 19.6 Å². The molecule has 1 fully saturated rings. The molecule has 1 aliphatic rings. The summed E-state index contributed by atoms with van der Waals surface area (Å²) in [6.07, 6.45) is -1.13. The van der Waals surface area contributed by atoms with Gasteiger partial charge in [-0.25, -0.2) is 13.2 Å². The SMILES string of the molecule is OC(COc1ccc(F)cc1)CN1CCOC(c2ccc(F)c(F)c2)C1. The molecule has 26 heavy (non-hydrogen) atoms. The van der Waals surface area contributed by atoms with Crippen molar-refractivity contribution in [2.75, 3.05) is 32.8 Å². The van der Waals surface area contributed by atoms with Gasteiger partial charge in [-0.1, -0.05) is 6.07 Å². The molecule has 7 heteroatoms. The van der Waals surface area contributed by atoms with Gasteiger partial charge >= 0.3 is 0 Å². The minimum absolute atomic E-state index is 0.0683. The number of morpholine rings is 1. The summed E-state index contributed by atoms with van der Waals surface area (Å²) in [6, 6.07) is 9.29. The number of β-amino-alcohol motifs (C(OH)–C–C–N with tert-alkyl or cyclic N) is 1. The maximum atomic E-state index is 13.4. The van der Waals surface area contributed by atoms with E-state index in [1.54, 1.807) is 0 Å². The number of hydrogen-bond donors (Lipinski definition) is 1. The lowest BCUT2D eigenvalue weighted by molar-refractivity contribution is -0.0460. The van der Waals surface area contributed by atoms with Gasteiger partial charge in [0.25, 0.3) is 0 Å². The molecule has 0 bridgehead atoms. The van der Waals surface area contributed by atoms with Gasteiger partial charge < -0.3 is 14.6 Å². The van der Waals surface area contributed by atoms with Gasteiger partial charge in [-0.05, 0) is 42.0 Å². The molecule has 2 atom stereocenters.